The van der Waals surface area contributed by atoms with Crippen LogP contribution < -0.4 is 0 Å². The van der Waals surface area contributed by atoms with Gasteiger partial charge < -0.3 is 4.40 Å². The summed E-state index contributed by atoms with van der Waals surface area (Å²) in [6, 6.07) is 37.8. The maximum Gasteiger partial charge on any atom is 0.114 e. The molecule has 0 unspecified atom stereocenters. The summed E-state index contributed by atoms with van der Waals surface area (Å²) >= 11 is 0. The zero-order valence-electron chi connectivity index (χ0n) is 23.0. The van der Waals surface area contributed by atoms with Crippen LogP contribution in [0.5, 0.6) is 0 Å². The molecule has 198 valence electrons. The van der Waals surface area contributed by atoms with Crippen molar-refractivity contribution < 1.29 is 0 Å². The van der Waals surface area contributed by atoms with E-state index in [2.05, 4.69) is 106 Å². The summed E-state index contributed by atoms with van der Waals surface area (Å²) in [5.41, 5.74) is 8.41. The molecule has 0 fully saturated rings. The lowest BCUT2D eigenvalue weighted by atomic mass is 10.0. The van der Waals surface area contributed by atoms with Crippen molar-refractivity contribution in [3.8, 4) is 0 Å². The van der Waals surface area contributed by atoms with Gasteiger partial charge >= 0.3 is 0 Å². The van der Waals surface area contributed by atoms with Crippen LogP contribution in [0.2, 0.25) is 0 Å². The van der Waals surface area contributed by atoms with Gasteiger partial charge in [0.1, 0.15) is 5.84 Å². The third-order valence-electron chi connectivity index (χ3n) is 9.42. The molecule has 1 aliphatic rings. The molecule has 4 heteroatoms. The Morgan fingerprint density at radius 3 is 2.19 bits per heavy atom. The fourth-order valence-electron chi connectivity index (χ4n) is 7.68. The monoisotopic (exact) mass is 538 g/mol. The number of aliphatic imine (C=N–C) groups is 1. The first-order valence-electron chi connectivity index (χ1n) is 14.9. The molecule has 0 saturated carbocycles. The zero-order chi connectivity index (χ0) is 27.4. The molecule has 5 aromatic carbocycles. The SMILES string of the molecule is c1cnc2c(c1)N=C(n1c3ccccc3c3cc4c5ccccc5n5c6c7ccccc7ccc6c(c31)c45)CCCC2. The first-order valence-corrected chi connectivity index (χ1v) is 14.9. The van der Waals surface area contributed by atoms with Crippen molar-refractivity contribution in [2.24, 2.45) is 4.99 Å². The average molecular weight is 539 g/mol. The fraction of sp³-hybridized carbons (Fsp3) is 0.105. The van der Waals surface area contributed by atoms with Crippen molar-refractivity contribution in [2.45, 2.75) is 25.7 Å². The largest absolute Gasteiger partial charge is 0.307 e. The van der Waals surface area contributed by atoms with E-state index in [4.69, 9.17) is 9.98 Å². The molecule has 0 radical (unpaired) electrons. The maximum atomic E-state index is 5.37. The first kappa shape index (κ1) is 22.5. The number of nitrogens with zero attached hydrogens (tertiary/aromatic N) is 4. The van der Waals surface area contributed by atoms with Gasteiger partial charge in [0.15, 0.2) is 0 Å². The van der Waals surface area contributed by atoms with Gasteiger partial charge in [0.2, 0.25) is 0 Å². The summed E-state index contributed by atoms with van der Waals surface area (Å²) < 4.78 is 5.01. The maximum absolute atomic E-state index is 5.37. The number of para-hydroxylation sites is 2. The van der Waals surface area contributed by atoms with E-state index in [1.165, 1.54) is 70.7 Å². The van der Waals surface area contributed by atoms with Gasteiger partial charge in [0.05, 0.1) is 39.0 Å². The van der Waals surface area contributed by atoms with Gasteiger partial charge in [0.25, 0.3) is 0 Å². The molecule has 0 bridgehead atoms. The summed E-state index contributed by atoms with van der Waals surface area (Å²) in [5, 5.41) is 10.3. The lowest BCUT2D eigenvalue weighted by molar-refractivity contribution is 0.734. The van der Waals surface area contributed by atoms with Crippen LogP contribution >= 0.6 is 0 Å². The minimum absolute atomic E-state index is 0.924. The lowest BCUT2D eigenvalue weighted by Crippen LogP contribution is -2.13. The van der Waals surface area contributed by atoms with Gasteiger partial charge in [-0.25, -0.2) is 4.99 Å². The molecule has 0 amide bonds. The molecule has 9 aromatic rings. The summed E-state index contributed by atoms with van der Waals surface area (Å²) in [4.78, 5) is 10.1. The van der Waals surface area contributed by atoms with E-state index in [0.717, 1.165) is 42.9 Å². The van der Waals surface area contributed by atoms with E-state index in [0.29, 0.717) is 0 Å². The highest BCUT2D eigenvalue weighted by Gasteiger charge is 2.26. The third kappa shape index (κ3) is 2.81. The molecule has 42 heavy (non-hydrogen) atoms. The van der Waals surface area contributed by atoms with Gasteiger partial charge in [-0.1, -0.05) is 72.8 Å². The number of pyridine rings is 1. The second kappa shape index (κ2) is 8.17. The predicted molar refractivity (Wildman–Crippen MR) is 176 cm³/mol. The summed E-state index contributed by atoms with van der Waals surface area (Å²) in [6.45, 7) is 0. The molecule has 0 aliphatic carbocycles. The molecular formula is C38H26N4. The van der Waals surface area contributed by atoms with Gasteiger partial charge in [-0.2, -0.15) is 0 Å². The average Bonchev–Trinajstić information content (AvgIpc) is 3.66. The van der Waals surface area contributed by atoms with Crippen LogP contribution in [0.25, 0.3) is 70.7 Å². The molecule has 0 spiro atoms. The quantitative estimate of drug-likeness (QED) is 0.189. The number of rotatable bonds is 0. The highest BCUT2D eigenvalue weighted by molar-refractivity contribution is 6.37. The van der Waals surface area contributed by atoms with Crippen molar-refractivity contribution in [3.63, 3.8) is 0 Å². The molecule has 4 aromatic heterocycles. The van der Waals surface area contributed by atoms with Crippen LogP contribution in [0.4, 0.5) is 5.69 Å². The van der Waals surface area contributed by atoms with E-state index in [1.807, 2.05) is 12.3 Å². The smallest absolute Gasteiger partial charge is 0.114 e. The number of hydrogen-bond donors (Lipinski definition) is 0. The molecule has 4 nitrogen and oxygen atoms in total. The van der Waals surface area contributed by atoms with E-state index in [-0.39, 0.29) is 0 Å². The van der Waals surface area contributed by atoms with Gasteiger partial charge in [-0.15, -0.1) is 0 Å². The first-order chi connectivity index (χ1) is 20.9. The second-order valence-corrected chi connectivity index (χ2v) is 11.6. The third-order valence-corrected chi connectivity index (χ3v) is 9.42. The fourth-order valence-corrected chi connectivity index (χ4v) is 7.68. The standard InChI is InChI=1S/C38H26N4/c1-2-11-24-23(10-1)19-20-27-35-37-28(22-29-26-13-4-7-17-33(26)42(36(24)27)38(29)35)25-12-3-6-16-32(25)41(37)34-18-8-5-14-30-31(40-34)15-9-21-39-30/h1-4,6-7,9-13,15-17,19-22H,5,8,14,18H2. The Morgan fingerprint density at radius 1 is 0.548 bits per heavy atom. The Labute approximate surface area is 241 Å². The van der Waals surface area contributed by atoms with E-state index < -0.39 is 0 Å². The lowest BCUT2D eigenvalue weighted by Gasteiger charge is -2.16. The molecule has 5 heterocycles. The van der Waals surface area contributed by atoms with Crippen LogP contribution in [-0.4, -0.2) is 19.8 Å². The topological polar surface area (TPSA) is 34.6 Å². The van der Waals surface area contributed by atoms with Crippen molar-refractivity contribution in [1.29, 1.82) is 0 Å². The van der Waals surface area contributed by atoms with Crippen LogP contribution in [0, 0.1) is 0 Å². The second-order valence-electron chi connectivity index (χ2n) is 11.6. The highest BCUT2D eigenvalue weighted by Crippen LogP contribution is 2.47. The molecule has 10 rings (SSSR count). The molecular weight excluding hydrogens is 512 g/mol. The van der Waals surface area contributed by atoms with Crippen molar-refractivity contribution in [1.82, 2.24) is 14.0 Å². The van der Waals surface area contributed by atoms with Crippen LogP contribution in [-0.2, 0) is 6.42 Å². The normalized spacial score (nSPS) is 14.4. The Bertz CT molecular complexity index is 2580. The zero-order valence-corrected chi connectivity index (χ0v) is 23.0. The van der Waals surface area contributed by atoms with Gasteiger partial charge in [-0.3, -0.25) is 9.55 Å². The number of aryl methyl sites for hydroxylation is 1. The Hall–Kier alpha value is -5.22. The highest BCUT2D eigenvalue weighted by atomic mass is 15.1. The van der Waals surface area contributed by atoms with Crippen molar-refractivity contribution in [2.75, 3.05) is 0 Å². The minimum Gasteiger partial charge on any atom is -0.307 e. The summed E-state index contributed by atoms with van der Waals surface area (Å²) in [7, 11) is 0. The van der Waals surface area contributed by atoms with E-state index in [1.54, 1.807) is 0 Å². The summed E-state index contributed by atoms with van der Waals surface area (Å²) in [6.07, 6.45) is 6.00. The van der Waals surface area contributed by atoms with Crippen LogP contribution in [0.3, 0.4) is 0 Å². The van der Waals surface area contributed by atoms with Crippen molar-refractivity contribution >= 4 is 82.2 Å². The van der Waals surface area contributed by atoms with Gasteiger partial charge in [0, 0.05) is 50.3 Å². The molecule has 1 aliphatic heterocycles. The Kier molecular flexibility index (Phi) is 4.37. The van der Waals surface area contributed by atoms with Crippen molar-refractivity contribution in [3.05, 3.63) is 115 Å². The van der Waals surface area contributed by atoms with E-state index in [9.17, 15) is 0 Å². The van der Waals surface area contributed by atoms with Gasteiger partial charge in [-0.05, 0) is 55.0 Å². The minimum atomic E-state index is 0.924. The van der Waals surface area contributed by atoms with E-state index >= 15 is 0 Å². The number of fused-ring (bicyclic) bond motifs is 13. The Balaban J connectivity index is 1.49. The molecule has 0 saturated heterocycles. The molecule has 0 atom stereocenters. The number of benzene rings is 5. The Morgan fingerprint density at radius 2 is 1.29 bits per heavy atom. The number of hydrogen-bond acceptors (Lipinski definition) is 2. The van der Waals surface area contributed by atoms with Crippen LogP contribution in [0.15, 0.2) is 114 Å². The summed E-state index contributed by atoms with van der Waals surface area (Å²) in [5.74, 6) is 1.10. The van der Waals surface area contributed by atoms with Crippen LogP contribution in [0.1, 0.15) is 25.0 Å². The molecule has 0 N–H and O–H groups in total. The number of aromatic nitrogens is 3. The predicted octanol–water partition coefficient (Wildman–Crippen LogP) is 9.80.